The quantitative estimate of drug-likeness (QED) is 0.619. The molecule has 0 radical (unpaired) electrons. The van der Waals surface area contributed by atoms with Crippen molar-refractivity contribution in [1.82, 2.24) is 4.98 Å². The van der Waals surface area contributed by atoms with Crippen molar-refractivity contribution >= 4 is 5.69 Å². The summed E-state index contributed by atoms with van der Waals surface area (Å²) in [7, 11) is 0. The van der Waals surface area contributed by atoms with E-state index in [2.05, 4.69) is 4.98 Å². The van der Waals surface area contributed by atoms with Crippen molar-refractivity contribution in [3.05, 3.63) is 33.1 Å². The van der Waals surface area contributed by atoms with E-state index in [1.807, 2.05) is 0 Å². The van der Waals surface area contributed by atoms with Crippen molar-refractivity contribution < 1.29 is 13.7 Å². The molecule has 0 aliphatic carbocycles. The molecule has 1 heterocycles. The maximum absolute atomic E-state index is 12.6. The summed E-state index contributed by atoms with van der Waals surface area (Å²) >= 11 is 0. The second kappa shape index (κ2) is 4.59. The van der Waals surface area contributed by atoms with Gasteiger partial charge in [0.15, 0.2) is 0 Å². The second-order valence-corrected chi connectivity index (χ2v) is 2.75. The Balaban J connectivity index is 3.61. The Bertz CT molecular complexity index is 470. The van der Waals surface area contributed by atoms with E-state index in [-0.39, 0.29) is 12.2 Å². The van der Waals surface area contributed by atoms with Crippen molar-refractivity contribution in [3.8, 4) is 6.07 Å². The molecule has 0 atom stereocenters. The van der Waals surface area contributed by atoms with Gasteiger partial charge in [-0.15, -0.1) is 0 Å². The van der Waals surface area contributed by atoms with Crippen LogP contribution in [0.25, 0.3) is 0 Å². The molecule has 0 saturated carbocycles. The number of nitro groups is 1. The Morgan fingerprint density at radius 3 is 2.69 bits per heavy atom. The Labute approximate surface area is 88.5 Å². The first kappa shape index (κ1) is 11.9. The van der Waals surface area contributed by atoms with Crippen LogP contribution in [0.2, 0.25) is 0 Å². The van der Waals surface area contributed by atoms with Crippen LogP contribution >= 0.6 is 0 Å². The van der Waals surface area contributed by atoms with Gasteiger partial charge in [-0.2, -0.15) is 5.26 Å². The molecule has 6 nitrogen and oxygen atoms in total. The van der Waals surface area contributed by atoms with Gasteiger partial charge in [0.25, 0.3) is 6.43 Å². The van der Waals surface area contributed by atoms with Crippen molar-refractivity contribution in [2.75, 3.05) is 0 Å². The van der Waals surface area contributed by atoms with E-state index in [4.69, 9.17) is 11.0 Å². The fourth-order valence-electron chi connectivity index (χ4n) is 1.22. The molecule has 2 N–H and O–H groups in total. The van der Waals surface area contributed by atoms with Crippen molar-refractivity contribution in [1.29, 1.82) is 5.26 Å². The predicted molar refractivity (Wildman–Crippen MR) is 48.5 cm³/mol. The molecule has 8 heteroatoms. The second-order valence-electron chi connectivity index (χ2n) is 2.75. The topological polar surface area (TPSA) is 106 Å². The lowest BCUT2D eigenvalue weighted by atomic mass is 10.1. The molecule has 0 saturated heterocycles. The first-order valence-corrected chi connectivity index (χ1v) is 4.07. The number of halogens is 2. The molecule has 0 spiro atoms. The maximum Gasteiger partial charge on any atom is 0.302 e. The van der Waals surface area contributed by atoms with Crippen LogP contribution in [0.15, 0.2) is 6.20 Å². The number of nitrogens with zero attached hydrogens (tertiary/aromatic N) is 3. The number of nitriles is 1. The molecule has 0 aromatic carbocycles. The van der Waals surface area contributed by atoms with Crippen LogP contribution in [0.1, 0.15) is 23.2 Å². The molecule has 0 fully saturated rings. The summed E-state index contributed by atoms with van der Waals surface area (Å²) in [5.41, 5.74) is 2.57. The van der Waals surface area contributed by atoms with Crippen LogP contribution in [0, 0.1) is 21.4 Å². The van der Waals surface area contributed by atoms with Crippen LogP contribution in [0.5, 0.6) is 0 Å². The molecular weight excluding hydrogens is 222 g/mol. The summed E-state index contributed by atoms with van der Waals surface area (Å²) in [6.07, 6.45) is -2.26. The lowest BCUT2D eigenvalue weighted by Gasteiger charge is -2.06. The molecule has 1 aromatic rings. The fraction of sp³-hybridized carbons (Fsp3) is 0.250. The predicted octanol–water partition coefficient (Wildman–Crippen LogP) is 1.26. The lowest BCUT2D eigenvalue weighted by molar-refractivity contribution is -0.387. The molecule has 1 aromatic heterocycles. The van der Waals surface area contributed by atoms with Gasteiger partial charge in [0.05, 0.1) is 10.5 Å². The average Bonchev–Trinajstić information content (AvgIpc) is 2.26. The third-order valence-electron chi connectivity index (χ3n) is 1.88. The molecule has 0 bridgehead atoms. The van der Waals surface area contributed by atoms with Gasteiger partial charge in [-0.05, 0) is 0 Å². The van der Waals surface area contributed by atoms with Crippen LogP contribution in [0.3, 0.4) is 0 Å². The van der Waals surface area contributed by atoms with Crippen LogP contribution in [-0.4, -0.2) is 9.91 Å². The van der Waals surface area contributed by atoms with Crippen LogP contribution in [0.4, 0.5) is 14.5 Å². The number of alkyl halides is 2. The third kappa shape index (κ3) is 1.94. The van der Waals surface area contributed by atoms with Crippen LogP contribution in [-0.2, 0) is 6.54 Å². The highest BCUT2D eigenvalue weighted by Crippen LogP contribution is 2.33. The number of hydrogen-bond donors (Lipinski definition) is 1. The monoisotopic (exact) mass is 228 g/mol. The highest BCUT2D eigenvalue weighted by atomic mass is 19.3. The smallest absolute Gasteiger partial charge is 0.302 e. The minimum Gasteiger partial charge on any atom is -0.325 e. The van der Waals surface area contributed by atoms with E-state index >= 15 is 0 Å². The number of nitrogens with two attached hydrogens (primary N) is 1. The molecule has 0 aliphatic rings. The van der Waals surface area contributed by atoms with E-state index in [1.54, 1.807) is 0 Å². The number of hydrogen-bond acceptors (Lipinski definition) is 5. The van der Waals surface area contributed by atoms with Gasteiger partial charge in [0.1, 0.15) is 17.3 Å². The van der Waals surface area contributed by atoms with Gasteiger partial charge < -0.3 is 5.73 Å². The lowest BCUT2D eigenvalue weighted by Crippen LogP contribution is -2.09. The van der Waals surface area contributed by atoms with Gasteiger partial charge in [0, 0.05) is 12.7 Å². The standard InChI is InChI=1S/C8H6F2N4O2/c9-8(10)6-4(1-11)3-13-5(2-12)7(6)14(15)16/h3,8H,2,12H2. The van der Waals surface area contributed by atoms with Crippen molar-refractivity contribution in [2.45, 2.75) is 13.0 Å². The zero-order valence-corrected chi connectivity index (χ0v) is 7.85. The van der Waals surface area contributed by atoms with Crippen LogP contribution < -0.4 is 5.73 Å². The van der Waals surface area contributed by atoms with E-state index in [0.717, 1.165) is 6.20 Å². The van der Waals surface area contributed by atoms with Gasteiger partial charge >= 0.3 is 5.69 Å². The van der Waals surface area contributed by atoms with Gasteiger partial charge in [-0.3, -0.25) is 15.1 Å². The largest absolute Gasteiger partial charge is 0.325 e. The highest BCUT2D eigenvalue weighted by molar-refractivity contribution is 5.53. The summed E-state index contributed by atoms with van der Waals surface area (Å²) in [5.74, 6) is 0. The Hall–Kier alpha value is -2.14. The summed E-state index contributed by atoms with van der Waals surface area (Å²) in [4.78, 5) is 13.1. The Morgan fingerprint density at radius 2 is 2.31 bits per heavy atom. The average molecular weight is 228 g/mol. The van der Waals surface area contributed by atoms with E-state index < -0.39 is 28.2 Å². The van der Waals surface area contributed by atoms with Crippen molar-refractivity contribution in [3.63, 3.8) is 0 Å². The van der Waals surface area contributed by atoms with E-state index in [9.17, 15) is 18.9 Å². The fourth-order valence-corrected chi connectivity index (χ4v) is 1.22. The molecule has 1 rings (SSSR count). The Kier molecular flexibility index (Phi) is 3.42. The number of pyridine rings is 1. The molecular formula is C8H6F2N4O2. The SMILES string of the molecule is N#Cc1cnc(CN)c([N+](=O)[O-])c1C(F)F. The number of aromatic nitrogens is 1. The summed E-state index contributed by atoms with van der Waals surface area (Å²) in [6.45, 7) is -0.345. The third-order valence-corrected chi connectivity index (χ3v) is 1.88. The van der Waals surface area contributed by atoms with E-state index in [0.29, 0.717) is 0 Å². The zero-order chi connectivity index (χ0) is 12.3. The highest BCUT2D eigenvalue weighted by Gasteiger charge is 2.29. The van der Waals surface area contributed by atoms with Gasteiger partial charge in [0.2, 0.25) is 0 Å². The first-order chi connectivity index (χ1) is 7.52. The molecule has 0 aliphatic heterocycles. The van der Waals surface area contributed by atoms with E-state index in [1.165, 1.54) is 6.07 Å². The minimum atomic E-state index is -3.12. The normalized spacial score (nSPS) is 10.2. The van der Waals surface area contributed by atoms with Gasteiger partial charge in [-0.25, -0.2) is 8.78 Å². The summed E-state index contributed by atoms with van der Waals surface area (Å²) < 4.78 is 25.3. The molecule has 84 valence electrons. The Morgan fingerprint density at radius 1 is 1.69 bits per heavy atom. The minimum absolute atomic E-state index is 0.265. The molecule has 16 heavy (non-hydrogen) atoms. The number of rotatable bonds is 3. The molecule has 0 unspecified atom stereocenters. The van der Waals surface area contributed by atoms with Crippen molar-refractivity contribution in [2.24, 2.45) is 5.73 Å². The summed E-state index contributed by atoms with van der Waals surface area (Å²) in [6, 6.07) is 1.44. The maximum atomic E-state index is 12.6. The zero-order valence-electron chi connectivity index (χ0n) is 7.85. The first-order valence-electron chi connectivity index (χ1n) is 4.07. The van der Waals surface area contributed by atoms with Gasteiger partial charge in [-0.1, -0.05) is 0 Å². The molecule has 0 amide bonds. The summed E-state index contributed by atoms with van der Waals surface area (Å²) in [5, 5.41) is 19.2.